The zero-order valence-corrected chi connectivity index (χ0v) is 16.0. The third kappa shape index (κ3) is 4.71. The molecule has 1 aliphatic heterocycles. The Morgan fingerprint density at radius 1 is 0.436 bits per heavy atom. The Morgan fingerprint density at radius 3 is 0.974 bits per heavy atom. The van der Waals surface area contributed by atoms with E-state index in [4.69, 9.17) is 5.11 Å². The van der Waals surface area contributed by atoms with Crippen molar-refractivity contribution in [2.24, 2.45) is 0 Å². The summed E-state index contributed by atoms with van der Waals surface area (Å²) in [5.74, 6) is -68.9. The van der Waals surface area contributed by atoms with Crippen LogP contribution in [0.3, 0.4) is 0 Å². The van der Waals surface area contributed by atoms with E-state index in [0.29, 0.717) is 0 Å². The molecular formula is C12H2F23KO3. The number of ether oxygens (including phenoxy) is 2. The molecule has 1 rings (SSSR count). The Balaban J connectivity index is 0.0000144. The van der Waals surface area contributed by atoms with Gasteiger partial charge in [-0.05, 0) is 0 Å². The van der Waals surface area contributed by atoms with Crippen molar-refractivity contribution in [2.45, 2.75) is 71.7 Å². The van der Waals surface area contributed by atoms with Gasteiger partial charge in [0.1, 0.15) is 0 Å². The molecule has 0 saturated carbocycles. The molecule has 0 amide bonds. The van der Waals surface area contributed by atoms with Gasteiger partial charge in [-0.2, -0.15) is 101 Å². The maximum atomic E-state index is 14.3. The van der Waals surface area contributed by atoms with E-state index in [0.717, 1.165) is 0 Å². The molecule has 0 aliphatic carbocycles. The molecule has 0 aromatic rings. The van der Waals surface area contributed by atoms with E-state index in [-0.39, 0.29) is 51.4 Å². The van der Waals surface area contributed by atoms with E-state index < -0.39 is 71.7 Å². The first-order chi connectivity index (χ1) is 15.9. The summed E-state index contributed by atoms with van der Waals surface area (Å²) in [6, 6.07) is 0. The molecule has 1 saturated heterocycles. The standard InChI is InChI=1S/C12HF23O3.K.H/c13-1(14,5(21,22)9(26,27)28)3(17,18)7(25)12(34,35)38-8(37-7,11(32,33)36)4(19,20)2(15,16)6(23,24)10(29,30)31;;/h36H;;. The monoisotopic (exact) mass is 670 g/mol. The molecule has 0 radical (unpaired) electrons. The van der Waals surface area contributed by atoms with Crippen molar-refractivity contribution in [3.63, 3.8) is 0 Å². The molecule has 3 nitrogen and oxygen atoms in total. The molecule has 1 aliphatic rings. The van der Waals surface area contributed by atoms with E-state index in [9.17, 15) is 101 Å². The van der Waals surface area contributed by atoms with E-state index in [1.54, 1.807) is 4.74 Å². The number of alkyl halides is 23. The van der Waals surface area contributed by atoms with Gasteiger partial charge in [-0.25, -0.2) is 0 Å². The summed E-state index contributed by atoms with van der Waals surface area (Å²) in [6.07, 6.45) is -32.1. The quantitative estimate of drug-likeness (QED) is 0.273. The Morgan fingerprint density at radius 2 is 0.718 bits per heavy atom. The average molecular weight is 670 g/mol. The second kappa shape index (κ2) is 9.45. The molecule has 1 N–H and O–H groups in total. The maximum absolute atomic E-state index is 14.3. The van der Waals surface area contributed by atoms with Crippen LogP contribution in [0.25, 0.3) is 0 Å². The second-order valence-electron chi connectivity index (χ2n) is 6.92. The summed E-state index contributed by atoms with van der Waals surface area (Å²) in [7, 11) is 0. The van der Waals surface area contributed by atoms with Crippen molar-refractivity contribution < 1.29 is 116 Å². The van der Waals surface area contributed by atoms with Crippen molar-refractivity contribution in [3.8, 4) is 0 Å². The van der Waals surface area contributed by atoms with Gasteiger partial charge in [0.2, 0.25) is 0 Å². The fourth-order valence-corrected chi connectivity index (χ4v) is 2.37. The molecule has 1 heterocycles. The predicted molar refractivity (Wildman–Crippen MR) is 69.8 cm³/mol. The molecule has 2 atom stereocenters. The second-order valence-corrected chi connectivity index (χ2v) is 6.92. The van der Waals surface area contributed by atoms with Crippen LogP contribution in [0.15, 0.2) is 0 Å². The molecule has 39 heavy (non-hydrogen) atoms. The first-order valence-corrected chi connectivity index (χ1v) is 7.89. The van der Waals surface area contributed by atoms with E-state index >= 15 is 0 Å². The van der Waals surface area contributed by atoms with Crippen LogP contribution in [-0.4, -0.2) is 128 Å². The van der Waals surface area contributed by atoms with Crippen molar-refractivity contribution in [2.75, 3.05) is 0 Å². The minimum absolute atomic E-state index is 0. The molecule has 0 bridgehead atoms. The van der Waals surface area contributed by atoms with Crippen LogP contribution in [0.5, 0.6) is 0 Å². The van der Waals surface area contributed by atoms with Crippen molar-refractivity contribution in [1.29, 1.82) is 0 Å². The summed E-state index contributed by atoms with van der Waals surface area (Å²) in [5.41, 5.74) is 0. The average Bonchev–Trinajstić information content (AvgIpc) is 2.87. The van der Waals surface area contributed by atoms with Gasteiger partial charge in [0.25, 0.3) is 0 Å². The Bertz CT molecular complexity index is 917. The van der Waals surface area contributed by atoms with Crippen LogP contribution in [0.2, 0.25) is 0 Å². The SMILES string of the molecule is OC(F)(F)C1(C(F)(F)C(F)(F)C(F)(F)C(F)(F)F)OC(F)(F)C(F)(C(F)(F)C(F)(F)C(F)(F)C(F)(F)F)O1.[KH]. The fourth-order valence-electron chi connectivity index (χ4n) is 2.37. The van der Waals surface area contributed by atoms with Gasteiger partial charge in [-0.3, -0.25) is 9.47 Å². The molecule has 0 aromatic carbocycles. The fraction of sp³-hybridized carbons (Fsp3) is 1.00. The van der Waals surface area contributed by atoms with Crippen LogP contribution in [-0.2, 0) is 9.47 Å². The van der Waals surface area contributed by atoms with E-state index in [2.05, 4.69) is 0 Å². The molecule has 0 spiro atoms. The van der Waals surface area contributed by atoms with Gasteiger partial charge < -0.3 is 5.11 Å². The number of aliphatic hydroxyl groups is 1. The van der Waals surface area contributed by atoms with E-state index in [1.165, 1.54) is 4.74 Å². The van der Waals surface area contributed by atoms with E-state index in [1.807, 2.05) is 0 Å². The van der Waals surface area contributed by atoms with Crippen LogP contribution in [0, 0.1) is 0 Å². The predicted octanol–water partition coefficient (Wildman–Crippen LogP) is 5.86. The zero-order valence-electron chi connectivity index (χ0n) is 16.0. The van der Waals surface area contributed by atoms with Gasteiger partial charge >= 0.3 is 123 Å². The molecule has 0 aromatic heterocycles. The minimum atomic E-state index is -8.88. The van der Waals surface area contributed by atoms with Crippen molar-refractivity contribution >= 4 is 51.4 Å². The van der Waals surface area contributed by atoms with Gasteiger partial charge in [-0.1, -0.05) is 0 Å². The summed E-state index contributed by atoms with van der Waals surface area (Å²) in [4.78, 5) is 0. The number of hydrogen-bond acceptors (Lipinski definition) is 3. The van der Waals surface area contributed by atoms with Gasteiger partial charge in [0.05, 0.1) is 0 Å². The summed E-state index contributed by atoms with van der Waals surface area (Å²) in [6.45, 7) is 0. The molecule has 27 heteroatoms. The summed E-state index contributed by atoms with van der Waals surface area (Å²) in [5, 5.41) is 8.17. The summed E-state index contributed by atoms with van der Waals surface area (Å²) >= 11 is 0. The topological polar surface area (TPSA) is 38.7 Å². The van der Waals surface area contributed by atoms with Crippen LogP contribution in [0.1, 0.15) is 0 Å². The van der Waals surface area contributed by atoms with Gasteiger partial charge in [0.15, 0.2) is 0 Å². The zero-order chi connectivity index (χ0) is 31.4. The number of hydrogen-bond donors (Lipinski definition) is 1. The molecule has 1 fully saturated rings. The van der Waals surface area contributed by atoms with Crippen LogP contribution >= 0.6 is 0 Å². The Kier molecular flexibility index (Phi) is 9.43. The molecular weight excluding hydrogens is 668 g/mol. The Hall–Kier alpha value is -0.0936. The van der Waals surface area contributed by atoms with Gasteiger partial charge in [-0.15, -0.1) is 0 Å². The summed E-state index contributed by atoms with van der Waals surface area (Å²) < 4.78 is 305. The third-order valence-electron chi connectivity index (χ3n) is 4.43. The Labute approximate surface area is 237 Å². The normalized spacial score (nSPS) is 26.5. The van der Waals surface area contributed by atoms with Gasteiger partial charge in [0, 0.05) is 0 Å². The van der Waals surface area contributed by atoms with Crippen molar-refractivity contribution in [1.82, 2.24) is 0 Å². The number of halogens is 23. The first kappa shape index (κ1) is 38.9. The van der Waals surface area contributed by atoms with Crippen LogP contribution < -0.4 is 0 Å². The first-order valence-electron chi connectivity index (χ1n) is 7.89. The third-order valence-corrected chi connectivity index (χ3v) is 4.43. The van der Waals surface area contributed by atoms with Crippen molar-refractivity contribution in [3.05, 3.63) is 0 Å². The number of rotatable bonds is 7. The molecule has 230 valence electrons. The van der Waals surface area contributed by atoms with Crippen LogP contribution in [0.4, 0.5) is 101 Å². The molecule has 2 unspecified atom stereocenters.